The molecular formula is C22H21N3O5S2. The van der Waals surface area contributed by atoms with Gasteiger partial charge in [-0.3, -0.25) is 13.9 Å². The molecule has 0 saturated heterocycles. The SMILES string of the molecule is COc1cccc(NC(=O)C(=O)Nc2ccc3c(c2)N(S(=O)(=O)c2cccs2)CCC3)c1. The number of nitrogens with one attached hydrogen (secondary N) is 2. The zero-order valence-electron chi connectivity index (χ0n) is 17.2. The summed E-state index contributed by atoms with van der Waals surface area (Å²) in [6.45, 7) is 0.348. The molecule has 2 N–H and O–H groups in total. The maximum absolute atomic E-state index is 13.1. The van der Waals surface area contributed by atoms with Crippen LogP contribution in [0.25, 0.3) is 0 Å². The van der Waals surface area contributed by atoms with E-state index in [4.69, 9.17) is 4.74 Å². The number of rotatable bonds is 5. The van der Waals surface area contributed by atoms with Crippen molar-refractivity contribution < 1.29 is 22.7 Å². The molecule has 0 unspecified atom stereocenters. The molecule has 0 bridgehead atoms. The highest BCUT2D eigenvalue weighted by Crippen LogP contribution is 2.35. The Labute approximate surface area is 189 Å². The number of methoxy groups -OCH3 is 1. The van der Waals surface area contributed by atoms with E-state index in [9.17, 15) is 18.0 Å². The molecule has 2 heterocycles. The Bertz CT molecular complexity index is 1260. The third-order valence-electron chi connectivity index (χ3n) is 4.99. The third-order valence-corrected chi connectivity index (χ3v) is 8.18. The smallest absolute Gasteiger partial charge is 0.314 e. The van der Waals surface area contributed by atoms with Crippen LogP contribution in [0.15, 0.2) is 64.2 Å². The Hall–Kier alpha value is -3.37. The van der Waals surface area contributed by atoms with Crippen LogP contribution in [0.1, 0.15) is 12.0 Å². The van der Waals surface area contributed by atoms with Crippen molar-refractivity contribution >= 4 is 50.2 Å². The van der Waals surface area contributed by atoms with Crippen LogP contribution in [0.2, 0.25) is 0 Å². The quantitative estimate of drug-likeness (QED) is 0.555. The lowest BCUT2D eigenvalue weighted by atomic mass is 10.0. The van der Waals surface area contributed by atoms with Crippen molar-refractivity contribution in [2.45, 2.75) is 17.1 Å². The van der Waals surface area contributed by atoms with E-state index in [1.165, 1.54) is 11.4 Å². The fourth-order valence-corrected chi connectivity index (χ4v) is 6.10. The molecule has 1 aliphatic rings. The molecule has 32 heavy (non-hydrogen) atoms. The van der Waals surface area contributed by atoms with Gasteiger partial charge in [-0.1, -0.05) is 18.2 Å². The number of carbonyl (C=O) groups is 2. The number of nitrogens with zero attached hydrogens (tertiary/aromatic N) is 1. The first kappa shape index (κ1) is 21.8. The van der Waals surface area contributed by atoms with Crippen LogP contribution in [0.5, 0.6) is 5.75 Å². The van der Waals surface area contributed by atoms with Gasteiger partial charge in [-0.25, -0.2) is 8.42 Å². The summed E-state index contributed by atoms with van der Waals surface area (Å²) in [7, 11) is -2.19. The topological polar surface area (TPSA) is 105 Å². The second kappa shape index (κ2) is 9.01. The van der Waals surface area contributed by atoms with E-state index in [1.54, 1.807) is 60.0 Å². The lowest BCUT2D eigenvalue weighted by molar-refractivity contribution is -0.132. The van der Waals surface area contributed by atoms with Gasteiger partial charge in [-0.15, -0.1) is 11.3 Å². The number of amides is 2. The van der Waals surface area contributed by atoms with Gasteiger partial charge >= 0.3 is 11.8 Å². The van der Waals surface area contributed by atoms with Gasteiger partial charge in [0.2, 0.25) is 0 Å². The van der Waals surface area contributed by atoms with Gasteiger partial charge in [0.25, 0.3) is 10.0 Å². The van der Waals surface area contributed by atoms with Crippen molar-refractivity contribution in [2.75, 3.05) is 28.6 Å². The monoisotopic (exact) mass is 471 g/mol. The Morgan fingerprint density at radius 2 is 1.75 bits per heavy atom. The van der Waals surface area contributed by atoms with E-state index < -0.39 is 21.8 Å². The van der Waals surface area contributed by atoms with Gasteiger partial charge in [0.05, 0.1) is 12.8 Å². The number of sulfonamides is 1. The third kappa shape index (κ3) is 4.46. The second-order valence-corrected chi connectivity index (χ2v) is 10.1. The van der Waals surface area contributed by atoms with E-state index in [-0.39, 0.29) is 4.21 Å². The second-order valence-electron chi connectivity index (χ2n) is 7.10. The molecule has 3 aromatic rings. The highest BCUT2D eigenvalue weighted by molar-refractivity contribution is 7.94. The number of hydrogen-bond acceptors (Lipinski definition) is 6. The van der Waals surface area contributed by atoms with Crippen molar-refractivity contribution in [2.24, 2.45) is 0 Å². The number of anilines is 3. The molecule has 2 aromatic carbocycles. The molecule has 0 saturated carbocycles. The van der Waals surface area contributed by atoms with Gasteiger partial charge in [-0.2, -0.15) is 0 Å². The van der Waals surface area contributed by atoms with Crippen LogP contribution >= 0.6 is 11.3 Å². The van der Waals surface area contributed by atoms with Gasteiger partial charge in [-0.05, 0) is 54.1 Å². The molecule has 0 spiro atoms. The maximum Gasteiger partial charge on any atom is 0.314 e. The lowest BCUT2D eigenvalue weighted by Gasteiger charge is -2.30. The Balaban J connectivity index is 1.53. The fourth-order valence-electron chi connectivity index (χ4n) is 3.46. The number of ether oxygens (including phenoxy) is 1. The van der Waals surface area contributed by atoms with E-state index in [1.807, 2.05) is 0 Å². The molecule has 4 rings (SSSR count). The minimum absolute atomic E-state index is 0.262. The summed E-state index contributed by atoms with van der Waals surface area (Å²) < 4.78 is 32.9. The molecule has 0 atom stereocenters. The number of benzene rings is 2. The number of thiophene rings is 1. The predicted molar refractivity (Wildman–Crippen MR) is 124 cm³/mol. The minimum atomic E-state index is -3.69. The van der Waals surface area contributed by atoms with Gasteiger partial charge in [0, 0.05) is 24.0 Å². The molecule has 2 amide bonds. The summed E-state index contributed by atoms with van der Waals surface area (Å²) in [4.78, 5) is 24.7. The highest BCUT2D eigenvalue weighted by atomic mass is 32.2. The normalized spacial score (nSPS) is 13.2. The van der Waals surface area contributed by atoms with Crippen LogP contribution in [-0.2, 0) is 26.0 Å². The first-order valence-electron chi connectivity index (χ1n) is 9.84. The van der Waals surface area contributed by atoms with Gasteiger partial charge in [0.1, 0.15) is 9.96 Å². The van der Waals surface area contributed by atoms with Crippen LogP contribution < -0.4 is 19.7 Å². The molecule has 0 aliphatic carbocycles. The first-order chi connectivity index (χ1) is 15.4. The molecule has 8 nitrogen and oxygen atoms in total. The molecule has 0 fully saturated rings. The summed E-state index contributed by atoms with van der Waals surface area (Å²) in [6.07, 6.45) is 1.43. The maximum atomic E-state index is 13.1. The number of fused-ring (bicyclic) bond motifs is 1. The molecule has 0 radical (unpaired) electrons. The molecule has 166 valence electrons. The highest BCUT2D eigenvalue weighted by Gasteiger charge is 2.30. The largest absolute Gasteiger partial charge is 0.497 e. The lowest BCUT2D eigenvalue weighted by Crippen LogP contribution is -2.35. The van der Waals surface area contributed by atoms with E-state index in [0.717, 1.165) is 23.3 Å². The van der Waals surface area contributed by atoms with Crippen molar-refractivity contribution in [1.82, 2.24) is 0 Å². The Morgan fingerprint density at radius 1 is 1.00 bits per heavy atom. The van der Waals surface area contributed by atoms with Crippen LogP contribution in [0.3, 0.4) is 0 Å². The fraction of sp³-hybridized carbons (Fsp3) is 0.182. The summed E-state index contributed by atoms with van der Waals surface area (Å²) in [5, 5.41) is 6.78. The summed E-state index contributed by atoms with van der Waals surface area (Å²) in [6, 6.07) is 14.9. The Morgan fingerprint density at radius 3 is 2.44 bits per heavy atom. The van der Waals surface area contributed by atoms with E-state index in [0.29, 0.717) is 35.8 Å². The van der Waals surface area contributed by atoms with Crippen LogP contribution in [0, 0.1) is 0 Å². The van der Waals surface area contributed by atoms with Crippen molar-refractivity contribution in [1.29, 1.82) is 0 Å². The number of hydrogen-bond donors (Lipinski definition) is 2. The average Bonchev–Trinajstić information content (AvgIpc) is 3.34. The number of aryl methyl sites for hydroxylation is 1. The zero-order valence-corrected chi connectivity index (χ0v) is 18.8. The molecule has 1 aromatic heterocycles. The average molecular weight is 472 g/mol. The van der Waals surface area contributed by atoms with Gasteiger partial charge in [0.15, 0.2) is 0 Å². The molecular weight excluding hydrogens is 450 g/mol. The van der Waals surface area contributed by atoms with E-state index in [2.05, 4.69) is 10.6 Å². The number of carbonyl (C=O) groups excluding carboxylic acids is 2. The van der Waals surface area contributed by atoms with Crippen LogP contribution in [-0.4, -0.2) is 33.9 Å². The van der Waals surface area contributed by atoms with Crippen LogP contribution in [0.4, 0.5) is 17.1 Å². The van der Waals surface area contributed by atoms with Crippen molar-refractivity contribution in [3.05, 3.63) is 65.5 Å². The minimum Gasteiger partial charge on any atom is -0.497 e. The predicted octanol–water partition coefficient (Wildman–Crippen LogP) is 3.48. The summed E-state index contributed by atoms with van der Waals surface area (Å²) in [5.74, 6) is -1.17. The Kier molecular flexibility index (Phi) is 6.15. The molecule has 1 aliphatic heterocycles. The van der Waals surface area contributed by atoms with Crippen molar-refractivity contribution in [3.63, 3.8) is 0 Å². The summed E-state index contributed by atoms with van der Waals surface area (Å²) in [5.41, 5.74) is 2.14. The van der Waals surface area contributed by atoms with Gasteiger partial charge < -0.3 is 15.4 Å². The first-order valence-corrected chi connectivity index (χ1v) is 12.2. The standard InChI is InChI=1S/C22H21N3O5S2/c1-30-18-7-2-6-16(13-18)23-21(26)22(27)24-17-10-9-15-5-3-11-25(19(15)14-17)32(28,29)20-8-4-12-31-20/h2,4,6-10,12-14H,3,5,11H2,1H3,(H,23,26)(H,24,27). The van der Waals surface area contributed by atoms with Crippen molar-refractivity contribution in [3.8, 4) is 5.75 Å². The zero-order chi connectivity index (χ0) is 22.7. The van der Waals surface area contributed by atoms with E-state index >= 15 is 0 Å². The molecule has 10 heteroatoms. The summed E-state index contributed by atoms with van der Waals surface area (Å²) >= 11 is 1.16.